The standard InChI is InChI=1S/C8H13NO3/c1-2-11-8(10)7-4-3-5-12-9-6-7/h4,9H,2-3,5-6H2,1H3. The van der Waals surface area contributed by atoms with Gasteiger partial charge in [-0.25, -0.2) is 4.79 Å². The first-order valence-corrected chi connectivity index (χ1v) is 4.05. The van der Waals surface area contributed by atoms with Gasteiger partial charge in [-0.15, -0.1) is 0 Å². The molecule has 68 valence electrons. The number of esters is 1. The molecule has 4 heteroatoms. The van der Waals surface area contributed by atoms with E-state index < -0.39 is 0 Å². The quantitative estimate of drug-likeness (QED) is 0.611. The van der Waals surface area contributed by atoms with Crippen LogP contribution in [0.4, 0.5) is 0 Å². The second kappa shape index (κ2) is 4.90. The number of ether oxygens (including phenoxy) is 1. The molecule has 0 fully saturated rings. The van der Waals surface area contributed by atoms with E-state index in [0.717, 1.165) is 6.42 Å². The molecular formula is C8H13NO3. The monoisotopic (exact) mass is 171 g/mol. The summed E-state index contributed by atoms with van der Waals surface area (Å²) < 4.78 is 4.83. The minimum absolute atomic E-state index is 0.254. The predicted octanol–water partition coefficient (Wildman–Crippen LogP) is 0.401. The van der Waals surface area contributed by atoms with Crippen molar-refractivity contribution in [1.29, 1.82) is 0 Å². The third-order valence-electron chi connectivity index (χ3n) is 1.51. The Kier molecular flexibility index (Phi) is 3.76. The summed E-state index contributed by atoms with van der Waals surface area (Å²) in [6, 6.07) is 0. The Labute approximate surface area is 71.5 Å². The zero-order valence-corrected chi connectivity index (χ0v) is 7.13. The number of hydrogen-bond acceptors (Lipinski definition) is 4. The zero-order chi connectivity index (χ0) is 8.81. The maximum atomic E-state index is 11.2. The Morgan fingerprint density at radius 3 is 3.42 bits per heavy atom. The van der Waals surface area contributed by atoms with Gasteiger partial charge in [-0.05, 0) is 13.3 Å². The van der Waals surface area contributed by atoms with Gasteiger partial charge in [0.05, 0.1) is 19.8 Å². The van der Waals surface area contributed by atoms with Gasteiger partial charge in [0.25, 0.3) is 0 Å². The summed E-state index contributed by atoms with van der Waals surface area (Å²) in [6.07, 6.45) is 2.60. The van der Waals surface area contributed by atoms with Crippen LogP contribution in [0, 0.1) is 0 Å². The third kappa shape index (κ3) is 2.64. The molecule has 0 aromatic heterocycles. The molecule has 0 aliphatic carbocycles. The fourth-order valence-corrected chi connectivity index (χ4v) is 0.944. The van der Waals surface area contributed by atoms with E-state index in [0.29, 0.717) is 25.3 Å². The highest BCUT2D eigenvalue weighted by Crippen LogP contribution is 2.02. The van der Waals surface area contributed by atoms with Gasteiger partial charge in [-0.2, -0.15) is 5.48 Å². The third-order valence-corrected chi connectivity index (χ3v) is 1.51. The van der Waals surface area contributed by atoms with E-state index in [2.05, 4.69) is 5.48 Å². The average molecular weight is 171 g/mol. The predicted molar refractivity (Wildman–Crippen MR) is 43.3 cm³/mol. The summed E-state index contributed by atoms with van der Waals surface area (Å²) in [5.41, 5.74) is 3.32. The molecule has 1 aliphatic rings. The van der Waals surface area contributed by atoms with E-state index in [1.165, 1.54) is 0 Å². The van der Waals surface area contributed by atoms with Gasteiger partial charge in [-0.3, -0.25) is 0 Å². The van der Waals surface area contributed by atoms with Gasteiger partial charge in [0.15, 0.2) is 0 Å². The highest BCUT2D eigenvalue weighted by atomic mass is 16.6. The van der Waals surface area contributed by atoms with E-state index in [-0.39, 0.29) is 5.97 Å². The molecule has 1 rings (SSSR count). The van der Waals surface area contributed by atoms with E-state index >= 15 is 0 Å². The molecule has 0 atom stereocenters. The molecule has 1 N–H and O–H groups in total. The van der Waals surface area contributed by atoms with E-state index in [1.807, 2.05) is 6.08 Å². The second-order valence-electron chi connectivity index (χ2n) is 2.41. The Balaban J connectivity index is 2.47. The molecular weight excluding hydrogens is 158 g/mol. The van der Waals surface area contributed by atoms with Crippen molar-refractivity contribution in [3.8, 4) is 0 Å². The van der Waals surface area contributed by atoms with Gasteiger partial charge in [0.2, 0.25) is 0 Å². The van der Waals surface area contributed by atoms with Crippen molar-refractivity contribution >= 4 is 5.97 Å². The second-order valence-corrected chi connectivity index (χ2v) is 2.41. The molecule has 0 bridgehead atoms. The van der Waals surface area contributed by atoms with Gasteiger partial charge >= 0.3 is 5.97 Å². The summed E-state index contributed by atoms with van der Waals surface area (Å²) in [6.45, 7) is 3.23. The van der Waals surface area contributed by atoms with E-state index in [1.54, 1.807) is 6.92 Å². The lowest BCUT2D eigenvalue weighted by Gasteiger charge is -2.04. The van der Waals surface area contributed by atoms with Crippen molar-refractivity contribution in [1.82, 2.24) is 5.48 Å². The first kappa shape index (κ1) is 9.22. The van der Waals surface area contributed by atoms with Crippen LogP contribution in [-0.2, 0) is 14.4 Å². The van der Waals surface area contributed by atoms with Crippen molar-refractivity contribution in [3.05, 3.63) is 11.6 Å². The summed E-state index contributed by atoms with van der Waals surface area (Å²) in [7, 11) is 0. The minimum atomic E-state index is -0.254. The lowest BCUT2D eigenvalue weighted by atomic mass is 10.2. The van der Waals surface area contributed by atoms with Crippen LogP contribution in [-0.4, -0.2) is 25.7 Å². The molecule has 0 saturated carbocycles. The van der Waals surface area contributed by atoms with E-state index in [4.69, 9.17) is 9.57 Å². The molecule has 0 unspecified atom stereocenters. The highest BCUT2D eigenvalue weighted by Gasteiger charge is 2.11. The van der Waals surface area contributed by atoms with Crippen LogP contribution in [0.3, 0.4) is 0 Å². The molecule has 4 nitrogen and oxygen atoms in total. The summed E-state index contributed by atoms with van der Waals surface area (Å²) in [4.78, 5) is 16.1. The summed E-state index contributed by atoms with van der Waals surface area (Å²) >= 11 is 0. The van der Waals surface area contributed by atoms with Crippen molar-refractivity contribution in [2.75, 3.05) is 19.8 Å². The Morgan fingerprint density at radius 2 is 2.67 bits per heavy atom. The molecule has 0 amide bonds. The molecule has 0 spiro atoms. The summed E-state index contributed by atoms with van der Waals surface area (Å²) in [5, 5.41) is 0. The number of nitrogens with one attached hydrogen (secondary N) is 1. The van der Waals surface area contributed by atoms with Gasteiger partial charge in [0, 0.05) is 5.57 Å². The number of carbonyl (C=O) groups is 1. The zero-order valence-electron chi connectivity index (χ0n) is 7.13. The molecule has 0 aromatic carbocycles. The Hall–Kier alpha value is -0.870. The first-order chi connectivity index (χ1) is 5.84. The SMILES string of the molecule is CCOC(=O)C1=CCCONC1. The van der Waals surface area contributed by atoms with Crippen LogP contribution >= 0.6 is 0 Å². The average Bonchev–Trinajstić information content (AvgIpc) is 2.32. The molecule has 0 saturated heterocycles. The molecule has 12 heavy (non-hydrogen) atoms. The Morgan fingerprint density at radius 1 is 1.83 bits per heavy atom. The van der Waals surface area contributed by atoms with E-state index in [9.17, 15) is 4.79 Å². The number of hydroxylamine groups is 1. The fourth-order valence-electron chi connectivity index (χ4n) is 0.944. The minimum Gasteiger partial charge on any atom is -0.463 e. The molecule has 0 aromatic rings. The smallest absolute Gasteiger partial charge is 0.335 e. The van der Waals surface area contributed by atoms with Crippen LogP contribution in [0.15, 0.2) is 11.6 Å². The van der Waals surface area contributed by atoms with Crippen LogP contribution in [0.2, 0.25) is 0 Å². The lowest BCUT2D eigenvalue weighted by Crippen LogP contribution is -2.20. The lowest BCUT2D eigenvalue weighted by molar-refractivity contribution is -0.138. The van der Waals surface area contributed by atoms with Crippen molar-refractivity contribution < 1.29 is 14.4 Å². The maximum Gasteiger partial charge on any atom is 0.335 e. The van der Waals surface area contributed by atoms with Crippen LogP contribution < -0.4 is 5.48 Å². The fraction of sp³-hybridized carbons (Fsp3) is 0.625. The molecule has 1 heterocycles. The van der Waals surface area contributed by atoms with Gasteiger partial charge < -0.3 is 9.57 Å². The van der Waals surface area contributed by atoms with Crippen LogP contribution in [0.5, 0.6) is 0 Å². The number of rotatable bonds is 2. The largest absolute Gasteiger partial charge is 0.463 e. The molecule has 0 radical (unpaired) electrons. The molecule has 1 aliphatic heterocycles. The van der Waals surface area contributed by atoms with Crippen LogP contribution in [0.25, 0.3) is 0 Å². The van der Waals surface area contributed by atoms with Crippen molar-refractivity contribution in [2.45, 2.75) is 13.3 Å². The maximum absolute atomic E-state index is 11.2. The first-order valence-electron chi connectivity index (χ1n) is 4.05. The Bertz CT molecular complexity index is 189. The summed E-state index contributed by atoms with van der Waals surface area (Å²) in [5.74, 6) is -0.254. The van der Waals surface area contributed by atoms with Gasteiger partial charge in [0.1, 0.15) is 0 Å². The number of hydrogen-bond donors (Lipinski definition) is 1. The van der Waals surface area contributed by atoms with Gasteiger partial charge in [-0.1, -0.05) is 6.08 Å². The van der Waals surface area contributed by atoms with Crippen LogP contribution in [0.1, 0.15) is 13.3 Å². The van der Waals surface area contributed by atoms with Crippen molar-refractivity contribution in [2.24, 2.45) is 0 Å². The normalized spacial score (nSPS) is 17.9. The highest BCUT2D eigenvalue weighted by molar-refractivity contribution is 5.88. The van der Waals surface area contributed by atoms with Crippen molar-refractivity contribution in [3.63, 3.8) is 0 Å². The topological polar surface area (TPSA) is 47.6 Å². The number of carbonyl (C=O) groups excluding carboxylic acids is 1.